The molecule has 1 amide bonds. The van der Waals surface area contributed by atoms with E-state index in [4.69, 9.17) is 0 Å². The van der Waals surface area contributed by atoms with Crippen molar-refractivity contribution >= 4 is 5.91 Å². The summed E-state index contributed by atoms with van der Waals surface area (Å²) in [5.74, 6) is -2.48. The van der Waals surface area contributed by atoms with E-state index >= 15 is 0 Å². The minimum atomic E-state index is -4.90. The van der Waals surface area contributed by atoms with Crippen molar-refractivity contribution in [3.63, 3.8) is 0 Å². The number of carbonyl (C=O) groups is 1. The Kier molecular flexibility index (Phi) is 7.35. The van der Waals surface area contributed by atoms with Gasteiger partial charge in [-0.3, -0.25) is 4.79 Å². The zero-order valence-electron chi connectivity index (χ0n) is 17.9. The van der Waals surface area contributed by atoms with E-state index in [0.717, 1.165) is 6.07 Å². The molecule has 5 nitrogen and oxygen atoms in total. The van der Waals surface area contributed by atoms with Crippen molar-refractivity contribution in [3.05, 3.63) is 77.4 Å². The molecule has 2 aromatic heterocycles. The number of pyridine rings is 1. The number of benzene rings is 1. The fraction of sp³-hybridized carbons (Fsp3) is 0.304. The van der Waals surface area contributed by atoms with Crippen molar-refractivity contribution in [1.29, 1.82) is 0 Å². The quantitative estimate of drug-likeness (QED) is 0.444. The minimum Gasteiger partial charge on any atom is -0.336 e. The first-order valence-electron chi connectivity index (χ1n) is 10.2. The van der Waals surface area contributed by atoms with Crippen molar-refractivity contribution in [1.82, 2.24) is 19.9 Å². The van der Waals surface area contributed by atoms with Crippen LogP contribution < -0.4 is 0 Å². The van der Waals surface area contributed by atoms with Gasteiger partial charge in [0.2, 0.25) is 0 Å². The summed E-state index contributed by atoms with van der Waals surface area (Å²) in [6, 6.07) is 7.17. The summed E-state index contributed by atoms with van der Waals surface area (Å²) >= 11 is 0. The second-order valence-corrected chi connectivity index (χ2v) is 7.34. The molecule has 3 rings (SSSR count). The van der Waals surface area contributed by atoms with Gasteiger partial charge in [-0.2, -0.15) is 13.2 Å². The average molecular weight is 464 g/mol. The summed E-state index contributed by atoms with van der Waals surface area (Å²) in [5.41, 5.74) is -1.45. The van der Waals surface area contributed by atoms with Gasteiger partial charge in [0.15, 0.2) is 17.3 Å². The number of rotatable bonds is 7. The standard InChI is InChI=1S/C23H21F5N4O/c1-3-32(14(2)8-9-15-10-11-18(25)20(31-15)23(26,27)28)22(33)16-6-4-7-17(24)19(16)21-29-12-5-13-30-21/h4-7,10-14H,3,8-9H2,1-2H3/t14-/m0/s1. The Labute approximate surface area is 187 Å². The Bertz CT molecular complexity index is 1120. The van der Waals surface area contributed by atoms with Gasteiger partial charge in [-0.25, -0.2) is 23.7 Å². The zero-order valence-corrected chi connectivity index (χ0v) is 17.9. The Morgan fingerprint density at radius 3 is 2.36 bits per heavy atom. The summed E-state index contributed by atoms with van der Waals surface area (Å²) in [6.07, 6.45) is -1.67. The molecule has 0 fully saturated rings. The fourth-order valence-electron chi connectivity index (χ4n) is 3.50. The monoisotopic (exact) mass is 464 g/mol. The number of amides is 1. The van der Waals surface area contributed by atoms with Crippen LogP contribution >= 0.6 is 0 Å². The Morgan fingerprint density at radius 2 is 1.73 bits per heavy atom. The van der Waals surface area contributed by atoms with Gasteiger partial charge in [0, 0.05) is 30.7 Å². The molecule has 3 aromatic rings. The second kappa shape index (κ2) is 10.0. The number of aryl methyl sites for hydroxylation is 1. The molecule has 0 unspecified atom stereocenters. The average Bonchev–Trinajstić information content (AvgIpc) is 2.78. The summed E-state index contributed by atoms with van der Waals surface area (Å²) in [6.45, 7) is 3.74. The van der Waals surface area contributed by atoms with Crippen molar-refractivity contribution in [2.75, 3.05) is 6.54 Å². The molecule has 1 aromatic carbocycles. The van der Waals surface area contributed by atoms with E-state index in [9.17, 15) is 26.7 Å². The molecule has 0 N–H and O–H groups in total. The van der Waals surface area contributed by atoms with Gasteiger partial charge in [0.1, 0.15) is 5.82 Å². The number of nitrogens with zero attached hydrogens (tertiary/aromatic N) is 4. The molecular weight excluding hydrogens is 443 g/mol. The van der Waals surface area contributed by atoms with Crippen molar-refractivity contribution in [3.8, 4) is 11.4 Å². The molecule has 10 heteroatoms. The highest BCUT2D eigenvalue weighted by Gasteiger charge is 2.36. The van der Waals surface area contributed by atoms with Crippen molar-refractivity contribution in [2.24, 2.45) is 0 Å². The normalized spacial score (nSPS) is 12.5. The smallest absolute Gasteiger partial charge is 0.336 e. The maximum absolute atomic E-state index is 14.6. The van der Waals surface area contributed by atoms with Gasteiger partial charge in [-0.15, -0.1) is 0 Å². The van der Waals surface area contributed by atoms with Crippen LogP contribution in [0.5, 0.6) is 0 Å². The first-order chi connectivity index (χ1) is 15.6. The van der Waals surface area contributed by atoms with Crippen LogP contribution in [0.1, 0.15) is 42.0 Å². The summed E-state index contributed by atoms with van der Waals surface area (Å²) in [5, 5.41) is 0. The predicted octanol–water partition coefficient (Wildman–Crippen LogP) is 5.32. The lowest BCUT2D eigenvalue weighted by Crippen LogP contribution is -2.39. The van der Waals surface area contributed by atoms with Crippen LogP contribution in [-0.4, -0.2) is 38.3 Å². The van der Waals surface area contributed by atoms with Gasteiger partial charge in [-0.1, -0.05) is 6.07 Å². The first-order valence-corrected chi connectivity index (χ1v) is 10.2. The van der Waals surface area contributed by atoms with Crippen LogP contribution in [-0.2, 0) is 12.6 Å². The molecule has 1 atom stereocenters. The third-order valence-corrected chi connectivity index (χ3v) is 5.16. The maximum Gasteiger partial charge on any atom is 0.436 e. The minimum absolute atomic E-state index is 0.0243. The number of hydrogen-bond donors (Lipinski definition) is 0. The molecule has 0 aliphatic carbocycles. The van der Waals surface area contributed by atoms with E-state index in [-0.39, 0.29) is 42.0 Å². The Balaban J connectivity index is 1.82. The number of carbonyl (C=O) groups excluding carboxylic acids is 1. The molecule has 0 spiro atoms. The highest BCUT2D eigenvalue weighted by Crippen LogP contribution is 2.30. The fourth-order valence-corrected chi connectivity index (χ4v) is 3.50. The number of alkyl halides is 3. The number of hydrogen-bond acceptors (Lipinski definition) is 4. The van der Waals surface area contributed by atoms with Gasteiger partial charge in [-0.05, 0) is 57.0 Å². The lowest BCUT2D eigenvalue weighted by atomic mass is 10.0. The maximum atomic E-state index is 14.6. The third-order valence-electron chi connectivity index (χ3n) is 5.16. The van der Waals surface area contributed by atoms with Crippen molar-refractivity contribution in [2.45, 2.75) is 38.9 Å². The van der Waals surface area contributed by atoms with E-state index in [0.29, 0.717) is 0 Å². The van der Waals surface area contributed by atoms with E-state index < -0.39 is 35.5 Å². The van der Waals surface area contributed by atoms with Crippen LogP contribution in [0.15, 0.2) is 48.8 Å². The van der Waals surface area contributed by atoms with E-state index in [1.807, 2.05) is 0 Å². The molecule has 2 heterocycles. The SMILES string of the molecule is CCN(C(=O)c1cccc(F)c1-c1ncccn1)[C@@H](C)CCc1ccc(F)c(C(F)(F)F)n1. The third kappa shape index (κ3) is 5.50. The van der Waals surface area contributed by atoms with Crippen LogP contribution in [0.3, 0.4) is 0 Å². The van der Waals surface area contributed by atoms with Crippen LogP contribution in [0, 0.1) is 11.6 Å². The molecule has 0 saturated heterocycles. The highest BCUT2D eigenvalue weighted by atomic mass is 19.4. The molecule has 0 radical (unpaired) electrons. The van der Waals surface area contributed by atoms with Gasteiger partial charge < -0.3 is 4.90 Å². The van der Waals surface area contributed by atoms with Crippen LogP contribution in [0.2, 0.25) is 0 Å². The van der Waals surface area contributed by atoms with E-state index in [2.05, 4.69) is 15.0 Å². The molecular formula is C23H21F5N4O. The lowest BCUT2D eigenvalue weighted by Gasteiger charge is -2.29. The molecule has 33 heavy (non-hydrogen) atoms. The Morgan fingerprint density at radius 1 is 1.03 bits per heavy atom. The van der Waals surface area contributed by atoms with Gasteiger partial charge in [0.05, 0.1) is 11.1 Å². The summed E-state index contributed by atoms with van der Waals surface area (Å²) in [4.78, 5) is 26.3. The van der Waals surface area contributed by atoms with Gasteiger partial charge >= 0.3 is 6.18 Å². The molecule has 174 valence electrons. The van der Waals surface area contributed by atoms with E-state index in [1.54, 1.807) is 19.9 Å². The molecule has 0 bridgehead atoms. The number of aromatic nitrogens is 3. The van der Waals surface area contributed by atoms with Crippen molar-refractivity contribution < 1.29 is 26.7 Å². The summed E-state index contributed by atoms with van der Waals surface area (Å²) in [7, 11) is 0. The molecule has 0 aliphatic rings. The van der Waals surface area contributed by atoms with Crippen LogP contribution in [0.25, 0.3) is 11.4 Å². The predicted molar refractivity (Wildman–Crippen MR) is 111 cm³/mol. The highest BCUT2D eigenvalue weighted by molar-refractivity contribution is 6.00. The number of halogens is 5. The lowest BCUT2D eigenvalue weighted by molar-refractivity contribution is -0.143. The topological polar surface area (TPSA) is 59.0 Å². The first kappa shape index (κ1) is 24.2. The summed E-state index contributed by atoms with van der Waals surface area (Å²) < 4.78 is 66.8. The zero-order chi connectivity index (χ0) is 24.2. The Hall–Kier alpha value is -3.43. The molecule has 0 aliphatic heterocycles. The van der Waals surface area contributed by atoms with E-state index in [1.165, 1.54) is 41.6 Å². The molecule has 0 saturated carbocycles. The largest absolute Gasteiger partial charge is 0.436 e. The van der Waals surface area contributed by atoms with Crippen LogP contribution in [0.4, 0.5) is 22.0 Å². The van der Waals surface area contributed by atoms with Gasteiger partial charge in [0.25, 0.3) is 5.91 Å². The second-order valence-electron chi connectivity index (χ2n) is 7.34.